The summed E-state index contributed by atoms with van der Waals surface area (Å²) in [5.74, 6) is -0.0139. The van der Waals surface area contributed by atoms with Crippen molar-refractivity contribution in [3.63, 3.8) is 0 Å². The van der Waals surface area contributed by atoms with Crippen molar-refractivity contribution in [2.24, 2.45) is 0 Å². The highest BCUT2D eigenvalue weighted by Gasteiger charge is 2.31. The molecule has 4 aromatic rings. The van der Waals surface area contributed by atoms with Crippen molar-refractivity contribution >= 4 is 27.5 Å². The minimum absolute atomic E-state index is 0.0219. The minimum atomic E-state index is -4.40. The lowest BCUT2D eigenvalue weighted by Gasteiger charge is -2.32. The van der Waals surface area contributed by atoms with Crippen LogP contribution in [-0.2, 0) is 6.18 Å². The maximum absolute atomic E-state index is 13.2. The molecule has 0 N–H and O–H groups in total. The second-order valence-electron chi connectivity index (χ2n) is 8.53. The summed E-state index contributed by atoms with van der Waals surface area (Å²) in [6, 6.07) is 16.3. The fourth-order valence-corrected chi connectivity index (χ4v) is 5.26. The standard InChI is InChI=1S/C26H22F3N3OS/c1-16-30-23-14-18(10-11-24(23)34-16)25(33)32-12-4-6-19(15-32)22-9-3-8-21(31-22)17-5-2-7-20(13-17)26(27,28)29/h2-3,5,7-11,13-14,19H,4,6,12,15H2,1H3. The van der Waals surface area contributed by atoms with Gasteiger partial charge in [-0.1, -0.05) is 18.2 Å². The molecular weight excluding hydrogens is 459 g/mol. The number of rotatable bonds is 3. The quantitative estimate of drug-likeness (QED) is 0.327. The van der Waals surface area contributed by atoms with E-state index in [0.717, 1.165) is 45.9 Å². The Bertz CT molecular complexity index is 1360. The van der Waals surface area contributed by atoms with Gasteiger partial charge in [-0.05, 0) is 62.2 Å². The van der Waals surface area contributed by atoms with Crippen LogP contribution < -0.4 is 0 Å². The van der Waals surface area contributed by atoms with E-state index in [1.54, 1.807) is 23.5 Å². The number of pyridine rings is 1. The third-order valence-corrected chi connectivity index (χ3v) is 7.08. The molecule has 0 bridgehead atoms. The van der Waals surface area contributed by atoms with Crippen LogP contribution >= 0.6 is 11.3 Å². The molecule has 1 aliphatic heterocycles. The monoisotopic (exact) mass is 481 g/mol. The van der Waals surface area contributed by atoms with Gasteiger partial charge in [0.25, 0.3) is 5.91 Å². The summed E-state index contributed by atoms with van der Waals surface area (Å²) in [6.45, 7) is 3.13. The third-order valence-electron chi connectivity index (χ3n) is 6.12. The second kappa shape index (κ2) is 8.83. The number of likely N-dealkylation sites (tertiary alicyclic amines) is 1. The van der Waals surface area contributed by atoms with Gasteiger partial charge in [-0.25, -0.2) is 4.98 Å². The molecular formula is C26H22F3N3OS. The minimum Gasteiger partial charge on any atom is -0.338 e. The van der Waals surface area contributed by atoms with E-state index in [2.05, 4.69) is 9.97 Å². The van der Waals surface area contributed by atoms with Gasteiger partial charge in [-0.3, -0.25) is 9.78 Å². The normalized spacial score (nSPS) is 16.7. The van der Waals surface area contributed by atoms with E-state index in [9.17, 15) is 18.0 Å². The smallest absolute Gasteiger partial charge is 0.338 e. The molecule has 174 valence electrons. The number of hydrogen-bond donors (Lipinski definition) is 0. The first-order valence-corrected chi connectivity index (χ1v) is 11.9. The number of amides is 1. The SMILES string of the molecule is Cc1nc2cc(C(=O)N3CCCC(c4cccc(-c5cccc(C(F)(F)F)c5)n4)C3)ccc2s1. The second-order valence-corrected chi connectivity index (χ2v) is 9.77. The lowest BCUT2D eigenvalue weighted by molar-refractivity contribution is -0.137. The maximum Gasteiger partial charge on any atom is 0.416 e. The van der Waals surface area contributed by atoms with Crippen molar-refractivity contribution in [2.75, 3.05) is 13.1 Å². The Kier molecular flexibility index (Phi) is 5.85. The van der Waals surface area contributed by atoms with E-state index in [-0.39, 0.29) is 11.8 Å². The highest BCUT2D eigenvalue weighted by Crippen LogP contribution is 2.33. The molecule has 1 atom stereocenters. The molecule has 0 radical (unpaired) electrons. The van der Waals surface area contributed by atoms with Crippen molar-refractivity contribution in [3.8, 4) is 11.3 Å². The van der Waals surface area contributed by atoms with Crippen LogP contribution in [0, 0.1) is 6.92 Å². The van der Waals surface area contributed by atoms with Gasteiger partial charge in [0.15, 0.2) is 0 Å². The first-order valence-electron chi connectivity index (χ1n) is 11.1. The Labute approximate surface area is 199 Å². The van der Waals surface area contributed by atoms with Crippen molar-refractivity contribution in [3.05, 3.63) is 82.5 Å². The zero-order valence-corrected chi connectivity index (χ0v) is 19.3. The number of nitrogens with zero attached hydrogens (tertiary/aromatic N) is 3. The van der Waals surface area contributed by atoms with Crippen molar-refractivity contribution < 1.29 is 18.0 Å². The van der Waals surface area contributed by atoms with E-state index in [1.807, 2.05) is 42.2 Å². The van der Waals surface area contributed by atoms with Crippen molar-refractivity contribution in [1.82, 2.24) is 14.9 Å². The van der Waals surface area contributed by atoms with E-state index in [4.69, 9.17) is 0 Å². The van der Waals surface area contributed by atoms with Crippen molar-refractivity contribution in [2.45, 2.75) is 31.9 Å². The molecule has 4 nitrogen and oxygen atoms in total. The average Bonchev–Trinajstić information content (AvgIpc) is 3.22. The predicted octanol–water partition coefficient (Wildman–Crippen LogP) is 6.71. The summed E-state index contributed by atoms with van der Waals surface area (Å²) in [4.78, 5) is 24.2. The number of hydrogen-bond acceptors (Lipinski definition) is 4. The molecule has 3 heterocycles. The molecule has 1 fully saturated rings. The van der Waals surface area contributed by atoms with Gasteiger partial charge < -0.3 is 4.90 Å². The van der Waals surface area contributed by atoms with E-state index in [0.29, 0.717) is 29.9 Å². The number of aryl methyl sites for hydroxylation is 1. The lowest BCUT2D eigenvalue weighted by Crippen LogP contribution is -2.39. The molecule has 2 aromatic carbocycles. The number of fused-ring (bicyclic) bond motifs is 1. The van der Waals surface area contributed by atoms with Crippen LogP contribution in [0.3, 0.4) is 0 Å². The van der Waals surface area contributed by atoms with Gasteiger partial charge in [0, 0.05) is 35.8 Å². The number of halogens is 3. The molecule has 1 amide bonds. The number of alkyl halides is 3. The summed E-state index contributed by atoms with van der Waals surface area (Å²) in [7, 11) is 0. The Morgan fingerprint density at radius 1 is 1.06 bits per heavy atom. The summed E-state index contributed by atoms with van der Waals surface area (Å²) >= 11 is 1.60. The molecule has 0 aliphatic carbocycles. The van der Waals surface area contributed by atoms with E-state index >= 15 is 0 Å². The molecule has 1 aliphatic rings. The number of piperidine rings is 1. The van der Waals surface area contributed by atoms with Gasteiger partial charge >= 0.3 is 6.18 Å². The Balaban J connectivity index is 1.37. The first kappa shape index (κ1) is 22.5. The van der Waals surface area contributed by atoms with Crippen LogP contribution in [0.4, 0.5) is 13.2 Å². The number of carbonyl (C=O) groups is 1. The predicted molar refractivity (Wildman–Crippen MR) is 127 cm³/mol. The summed E-state index contributed by atoms with van der Waals surface area (Å²) in [6.07, 6.45) is -2.70. The molecule has 1 unspecified atom stereocenters. The van der Waals surface area contributed by atoms with Crippen LogP contribution in [0.1, 0.15) is 45.4 Å². The van der Waals surface area contributed by atoms with Gasteiger partial charge in [-0.2, -0.15) is 13.2 Å². The van der Waals surface area contributed by atoms with Gasteiger partial charge in [0.05, 0.1) is 26.5 Å². The Morgan fingerprint density at radius 3 is 2.71 bits per heavy atom. The van der Waals surface area contributed by atoms with Crippen LogP contribution in [0.25, 0.3) is 21.5 Å². The van der Waals surface area contributed by atoms with Crippen LogP contribution in [-0.4, -0.2) is 33.9 Å². The molecule has 2 aromatic heterocycles. The zero-order valence-electron chi connectivity index (χ0n) is 18.5. The fraction of sp³-hybridized carbons (Fsp3) is 0.269. The van der Waals surface area contributed by atoms with E-state index in [1.165, 1.54) is 6.07 Å². The summed E-state index contributed by atoms with van der Waals surface area (Å²) in [5.41, 5.74) is 2.46. The third kappa shape index (κ3) is 4.55. The number of thiazole rings is 1. The lowest BCUT2D eigenvalue weighted by atomic mass is 9.93. The van der Waals surface area contributed by atoms with Gasteiger partial charge in [0.1, 0.15) is 0 Å². The largest absolute Gasteiger partial charge is 0.416 e. The fourth-order valence-electron chi connectivity index (χ4n) is 4.46. The molecule has 0 spiro atoms. The van der Waals surface area contributed by atoms with Crippen molar-refractivity contribution in [1.29, 1.82) is 0 Å². The van der Waals surface area contributed by atoms with Gasteiger partial charge in [-0.15, -0.1) is 11.3 Å². The first-order chi connectivity index (χ1) is 16.3. The Morgan fingerprint density at radius 2 is 1.88 bits per heavy atom. The molecule has 1 saturated heterocycles. The molecule has 0 saturated carbocycles. The number of aromatic nitrogens is 2. The average molecular weight is 482 g/mol. The molecule has 8 heteroatoms. The highest BCUT2D eigenvalue weighted by molar-refractivity contribution is 7.18. The number of benzene rings is 2. The van der Waals surface area contributed by atoms with E-state index < -0.39 is 11.7 Å². The van der Waals surface area contributed by atoms with Crippen LogP contribution in [0.5, 0.6) is 0 Å². The maximum atomic E-state index is 13.2. The molecule has 5 rings (SSSR count). The number of carbonyl (C=O) groups excluding carboxylic acids is 1. The van der Waals surface area contributed by atoms with Crippen LogP contribution in [0.2, 0.25) is 0 Å². The Hall–Kier alpha value is -3.26. The summed E-state index contributed by atoms with van der Waals surface area (Å²) < 4.78 is 40.5. The zero-order chi connectivity index (χ0) is 23.9. The molecule has 34 heavy (non-hydrogen) atoms. The summed E-state index contributed by atoms with van der Waals surface area (Å²) in [5, 5.41) is 0.962. The van der Waals surface area contributed by atoms with Crippen LogP contribution in [0.15, 0.2) is 60.7 Å². The topological polar surface area (TPSA) is 46.1 Å². The van der Waals surface area contributed by atoms with Gasteiger partial charge in [0.2, 0.25) is 0 Å². The highest BCUT2D eigenvalue weighted by atomic mass is 32.1.